The third-order valence-electron chi connectivity index (χ3n) is 7.89. The summed E-state index contributed by atoms with van der Waals surface area (Å²) in [6, 6.07) is 26.5. The highest BCUT2D eigenvalue weighted by atomic mass is 16.6. The maximum atomic E-state index is 13.0. The Hall–Kier alpha value is -4.93. The maximum Gasteiger partial charge on any atom is 0.351 e. The number of rotatable bonds is 12. The third-order valence-corrected chi connectivity index (χ3v) is 7.89. The van der Waals surface area contributed by atoms with E-state index < -0.39 is 24.0 Å². The molecule has 2 N–H and O–H groups in total. The van der Waals surface area contributed by atoms with Gasteiger partial charge in [-0.1, -0.05) is 77.9 Å². The number of ketones is 1. The molecule has 5 rings (SSSR count). The summed E-state index contributed by atoms with van der Waals surface area (Å²) < 4.78 is 12.8. The summed E-state index contributed by atoms with van der Waals surface area (Å²) in [5.74, 6) is -0.854. The molecule has 0 aliphatic carbocycles. The number of anilines is 1. The molecule has 238 valence electrons. The Labute approximate surface area is 267 Å². The molecule has 10 nitrogen and oxygen atoms in total. The molecule has 46 heavy (non-hydrogen) atoms. The van der Waals surface area contributed by atoms with Crippen molar-refractivity contribution >= 4 is 23.5 Å². The minimum Gasteiger partial charge on any atom is -0.463 e. The van der Waals surface area contributed by atoms with Crippen molar-refractivity contribution in [3.63, 3.8) is 0 Å². The van der Waals surface area contributed by atoms with Crippen LogP contribution in [0.2, 0.25) is 0 Å². The van der Waals surface area contributed by atoms with Gasteiger partial charge in [0, 0.05) is 43.6 Å². The number of hydrogen-bond donors (Lipinski definition) is 2. The van der Waals surface area contributed by atoms with Gasteiger partial charge in [-0.15, -0.1) is 0 Å². The van der Waals surface area contributed by atoms with Gasteiger partial charge in [0.15, 0.2) is 6.23 Å². The van der Waals surface area contributed by atoms with Gasteiger partial charge in [0.25, 0.3) is 5.91 Å². The normalized spacial score (nSPS) is 16.2. The second kappa shape index (κ2) is 15.4. The van der Waals surface area contributed by atoms with E-state index in [1.165, 1.54) is 16.8 Å². The summed E-state index contributed by atoms with van der Waals surface area (Å²) in [5.41, 5.74) is 4.27. The van der Waals surface area contributed by atoms with E-state index in [0.717, 1.165) is 22.3 Å². The summed E-state index contributed by atoms with van der Waals surface area (Å²) in [4.78, 5) is 54.7. The Balaban J connectivity index is 1.10. The first-order valence-electron chi connectivity index (χ1n) is 15.4. The fourth-order valence-electron chi connectivity index (χ4n) is 5.28. The quantitative estimate of drug-likeness (QED) is 0.218. The Morgan fingerprint density at radius 2 is 1.57 bits per heavy atom. The van der Waals surface area contributed by atoms with Gasteiger partial charge in [-0.3, -0.25) is 19.0 Å². The summed E-state index contributed by atoms with van der Waals surface area (Å²) in [6.45, 7) is 4.80. The van der Waals surface area contributed by atoms with Crippen molar-refractivity contribution < 1.29 is 23.9 Å². The minimum atomic E-state index is -0.682. The molecule has 1 fully saturated rings. The Morgan fingerprint density at radius 3 is 2.20 bits per heavy atom. The van der Waals surface area contributed by atoms with Gasteiger partial charge in [-0.05, 0) is 43.2 Å². The number of carbonyl (C=O) groups excluding carboxylic acids is 3. The number of ether oxygens (including phenoxy) is 2. The van der Waals surface area contributed by atoms with Crippen molar-refractivity contribution in [2.75, 3.05) is 25.0 Å². The molecule has 3 aromatic carbocycles. The van der Waals surface area contributed by atoms with Gasteiger partial charge in [-0.2, -0.15) is 4.98 Å². The number of morpholine rings is 1. The molecule has 1 aliphatic heterocycles. The zero-order valence-electron chi connectivity index (χ0n) is 26.0. The fraction of sp³-hybridized carbons (Fsp3) is 0.306. The van der Waals surface area contributed by atoms with Gasteiger partial charge in [0.2, 0.25) is 0 Å². The molecule has 0 unspecified atom stereocenters. The fourth-order valence-corrected chi connectivity index (χ4v) is 5.28. The number of nitrogens with one attached hydrogen (secondary N) is 2. The molecule has 1 aliphatic rings. The van der Waals surface area contributed by atoms with E-state index in [0.29, 0.717) is 18.7 Å². The van der Waals surface area contributed by atoms with Crippen LogP contribution in [0.3, 0.4) is 0 Å². The summed E-state index contributed by atoms with van der Waals surface area (Å²) in [7, 11) is 0. The van der Waals surface area contributed by atoms with Crippen molar-refractivity contribution in [2.45, 2.75) is 51.4 Å². The molecule has 0 saturated carbocycles. The number of carbonyl (C=O) groups is 3. The zero-order chi connectivity index (χ0) is 32.5. The smallest absolute Gasteiger partial charge is 0.351 e. The van der Waals surface area contributed by atoms with Crippen LogP contribution in [0.1, 0.15) is 64.0 Å². The van der Waals surface area contributed by atoms with Crippen molar-refractivity contribution in [3.8, 4) is 0 Å². The van der Waals surface area contributed by atoms with Gasteiger partial charge < -0.3 is 20.1 Å². The lowest BCUT2D eigenvalue weighted by molar-refractivity contribution is -0.155. The van der Waals surface area contributed by atoms with E-state index in [2.05, 4.69) is 39.9 Å². The SMILES string of the molecule is Cc1ccc(C(CC(=O)CCC(=O)OC[C@@H]2CNC[C@H](n3ccc(NC(=O)c4ccccc4)nc3=O)O2)c2ccc(C)cc2)cc1. The van der Waals surface area contributed by atoms with Crippen LogP contribution in [0.5, 0.6) is 0 Å². The van der Waals surface area contributed by atoms with Crippen LogP contribution < -0.4 is 16.3 Å². The lowest BCUT2D eigenvalue weighted by atomic mass is 9.85. The molecular weight excluding hydrogens is 584 g/mol. The van der Waals surface area contributed by atoms with E-state index in [1.807, 2.05) is 38.1 Å². The molecule has 1 saturated heterocycles. The molecule has 0 bridgehead atoms. The highest BCUT2D eigenvalue weighted by Crippen LogP contribution is 2.29. The second-order valence-electron chi connectivity index (χ2n) is 11.5. The van der Waals surface area contributed by atoms with E-state index in [1.54, 1.807) is 30.3 Å². The Morgan fingerprint density at radius 1 is 0.913 bits per heavy atom. The van der Waals surface area contributed by atoms with E-state index in [9.17, 15) is 19.2 Å². The summed E-state index contributed by atoms with van der Waals surface area (Å²) >= 11 is 0. The van der Waals surface area contributed by atoms with Crippen molar-refractivity contribution in [2.24, 2.45) is 0 Å². The predicted octanol–water partition coefficient (Wildman–Crippen LogP) is 4.71. The van der Waals surface area contributed by atoms with Crippen LogP contribution >= 0.6 is 0 Å². The standard InChI is InChI=1S/C36H38N4O6/c1-24-8-12-26(13-9-24)31(27-14-10-25(2)11-15-27)20-29(41)16-17-34(42)45-23-30-21-37-22-33(46-30)40-19-18-32(39-36(40)44)38-35(43)28-6-4-3-5-7-28/h3-15,18-19,30-31,33,37H,16-17,20-23H2,1-2H3,(H,38,39,43,44)/t30-,33+/m0/s1. The average Bonchev–Trinajstić information content (AvgIpc) is 3.07. The minimum absolute atomic E-state index is 0.0194. The van der Waals surface area contributed by atoms with Crippen molar-refractivity contribution in [3.05, 3.63) is 129 Å². The third kappa shape index (κ3) is 8.83. The molecule has 0 spiro atoms. The van der Waals surface area contributed by atoms with E-state index in [-0.39, 0.29) is 49.3 Å². The molecule has 10 heteroatoms. The number of benzene rings is 3. The number of esters is 1. The lowest BCUT2D eigenvalue weighted by Gasteiger charge is -2.31. The number of aryl methyl sites for hydroxylation is 2. The van der Waals surface area contributed by atoms with Crippen LogP contribution in [0, 0.1) is 13.8 Å². The maximum absolute atomic E-state index is 13.0. The number of nitrogens with zero attached hydrogens (tertiary/aromatic N) is 2. The first-order valence-corrected chi connectivity index (χ1v) is 15.4. The second-order valence-corrected chi connectivity index (χ2v) is 11.5. The van der Waals surface area contributed by atoms with Crippen LogP contribution in [0.15, 0.2) is 95.9 Å². The Kier molecular flexibility index (Phi) is 10.9. The molecule has 1 amide bonds. The van der Waals surface area contributed by atoms with E-state index in [4.69, 9.17) is 9.47 Å². The number of amides is 1. The number of hydrogen-bond acceptors (Lipinski definition) is 8. The topological polar surface area (TPSA) is 129 Å². The molecule has 1 aromatic heterocycles. The van der Waals surface area contributed by atoms with Crippen LogP contribution in [0.25, 0.3) is 0 Å². The van der Waals surface area contributed by atoms with Crippen molar-refractivity contribution in [1.82, 2.24) is 14.9 Å². The van der Waals surface area contributed by atoms with Gasteiger partial charge in [0.05, 0.1) is 6.42 Å². The van der Waals surface area contributed by atoms with Crippen molar-refractivity contribution in [1.29, 1.82) is 0 Å². The van der Waals surface area contributed by atoms with E-state index >= 15 is 0 Å². The highest BCUT2D eigenvalue weighted by Gasteiger charge is 2.26. The monoisotopic (exact) mass is 622 g/mol. The highest BCUT2D eigenvalue weighted by molar-refractivity contribution is 6.03. The largest absolute Gasteiger partial charge is 0.463 e. The Bertz CT molecular complexity index is 1660. The molecular formula is C36H38N4O6. The molecule has 2 heterocycles. The zero-order valence-corrected chi connectivity index (χ0v) is 26.0. The summed E-state index contributed by atoms with van der Waals surface area (Å²) in [6.07, 6.45) is 0.648. The number of aromatic nitrogens is 2. The number of Topliss-reactive ketones (excluding diaryl/α,β-unsaturated/α-hetero) is 1. The predicted molar refractivity (Wildman–Crippen MR) is 174 cm³/mol. The molecule has 0 radical (unpaired) electrons. The first-order chi connectivity index (χ1) is 22.2. The lowest BCUT2D eigenvalue weighted by Crippen LogP contribution is -2.47. The van der Waals surface area contributed by atoms with Gasteiger partial charge in [0.1, 0.15) is 24.3 Å². The van der Waals surface area contributed by atoms with Crippen LogP contribution in [-0.2, 0) is 19.1 Å². The van der Waals surface area contributed by atoms with Crippen LogP contribution in [0.4, 0.5) is 5.82 Å². The van der Waals surface area contributed by atoms with Gasteiger partial charge in [-0.25, -0.2) is 4.79 Å². The van der Waals surface area contributed by atoms with Crippen LogP contribution in [-0.4, -0.2) is 53.0 Å². The summed E-state index contributed by atoms with van der Waals surface area (Å²) in [5, 5.41) is 5.80. The van der Waals surface area contributed by atoms with Gasteiger partial charge >= 0.3 is 11.7 Å². The molecule has 2 atom stereocenters. The first kappa shape index (κ1) is 32.5. The molecule has 4 aromatic rings. The average molecular weight is 623 g/mol.